The molecule has 19 heteroatoms. The number of aldehydes is 1. The molecule has 0 saturated carbocycles. The van der Waals surface area contributed by atoms with Gasteiger partial charge in [0.2, 0.25) is 5.75 Å². The lowest BCUT2D eigenvalue weighted by molar-refractivity contribution is -0.134. The van der Waals surface area contributed by atoms with Crippen LogP contribution in [-0.2, 0) is 51.0 Å². The summed E-state index contributed by atoms with van der Waals surface area (Å²) in [4.78, 5) is 76.2. The lowest BCUT2D eigenvalue weighted by Crippen LogP contribution is -2.36. The Morgan fingerprint density at radius 2 is 1.39 bits per heavy atom. The Kier molecular flexibility index (Phi) is 17.4. The van der Waals surface area contributed by atoms with Crippen LogP contribution in [0.3, 0.4) is 0 Å². The Hall–Kier alpha value is -7.02. The number of allylic oxidation sites excluding steroid dienone is 2. The number of aromatic nitrogens is 1. The predicted molar refractivity (Wildman–Crippen MR) is 240 cm³/mol. The van der Waals surface area contributed by atoms with E-state index in [1.165, 1.54) is 47.7 Å². The third-order valence-electron chi connectivity index (χ3n) is 9.81. The largest absolute Gasteiger partial charge is 0.496 e. The molecule has 66 heavy (non-hydrogen) atoms. The van der Waals surface area contributed by atoms with Crippen molar-refractivity contribution in [2.45, 2.75) is 92.1 Å². The Bertz CT molecular complexity index is 2380. The highest BCUT2D eigenvalue weighted by molar-refractivity contribution is 6.02. The van der Waals surface area contributed by atoms with Crippen LogP contribution in [0.25, 0.3) is 28.0 Å². The van der Waals surface area contributed by atoms with Crippen LogP contribution < -0.4 is 34.3 Å². The molecule has 2 amide bonds. The number of carbonyl (C=O) groups excluding carboxylic acids is 6. The maximum atomic E-state index is 13.5. The standard InChI is InChI=1S/C47H59N3O16/c1-14-28(34(58-10)21-33(62-25-52)26(2)57-9)40-31(24-51)50-18-17-29-30(20-36(60-12)43(61-13)42(29)64-38(54)23-49-45(56)66-47(6,7)8)41(50)39(40)27-15-16-32(35(19-27)59-11)63-37(53)22-48-44(55)65-46(3,4)5/h15-16,19-21,24-26H,14,17-18,22-23H2,1-13H3,(H,48,55)(H,49,56)/b33-21+,34-28-. The van der Waals surface area contributed by atoms with Crippen molar-refractivity contribution in [1.82, 2.24) is 15.2 Å². The number of hydrogen-bond donors (Lipinski definition) is 2. The van der Waals surface area contributed by atoms with Gasteiger partial charge in [-0.1, -0.05) is 13.0 Å². The van der Waals surface area contributed by atoms with Crippen molar-refractivity contribution in [3.63, 3.8) is 0 Å². The monoisotopic (exact) mass is 921 g/mol. The molecule has 1 atom stereocenters. The van der Waals surface area contributed by atoms with Gasteiger partial charge < -0.3 is 62.6 Å². The van der Waals surface area contributed by atoms with Crippen molar-refractivity contribution in [3.05, 3.63) is 58.7 Å². The number of methoxy groups -OCH3 is 5. The number of hydrogen-bond acceptors (Lipinski definition) is 16. The summed E-state index contributed by atoms with van der Waals surface area (Å²) in [7, 11) is 7.06. The summed E-state index contributed by atoms with van der Waals surface area (Å²) >= 11 is 0. The Morgan fingerprint density at radius 1 is 0.788 bits per heavy atom. The molecule has 0 saturated heterocycles. The summed E-state index contributed by atoms with van der Waals surface area (Å²) < 4.78 is 57.9. The zero-order chi connectivity index (χ0) is 49.1. The van der Waals surface area contributed by atoms with E-state index in [9.17, 15) is 28.8 Å². The summed E-state index contributed by atoms with van der Waals surface area (Å²) in [6.07, 6.45) is 0.409. The topological polar surface area (TPSA) is 224 Å². The van der Waals surface area contributed by atoms with Gasteiger partial charge in [-0.25, -0.2) is 19.2 Å². The van der Waals surface area contributed by atoms with Crippen LogP contribution in [0.2, 0.25) is 0 Å². The van der Waals surface area contributed by atoms with E-state index in [4.69, 9.17) is 47.4 Å². The molecule has 2 aromatic carbocycles. The minimum absolute atomic E-state index is 0.0134. The van der Waals surface area contributed by atoms with E-state index in [2.05, 4.69) is 10.6 Å². The van der Waals surface area contributed by atoms with Crippen LogP contribution in [0.4, 0.5) is 9.59 Å². The van der Waals surface area contributed by atoms with Gasteiger partial charge in [0.25, 0.3) is 6.47 Å². The molecule has 19 nitrogen and oxygen atoms in total. The van der Waals surface area contributed by atoms with E-state index in [1.807, 2.05) is 11.5 Å². The first kappa shape index (κ1) is 51.6. The molecule has 0 fully saturated rings. The van der Waals surface area contributed by atoms with Gasteiger partial charge in [-0.2, -0.15) is 0 Å². The number of nitrogens with zero attached hydrogens (tertiary/aromatic N) is 1. The first-order valence-corrected chi connectivity index (χ1v) is 20.8. The zero-order valence-corrected chi connectivity index (χ0v) is 39.6. The lowest BCUT2D eigenvalue weighted by Gasteiger charge is -2.26. The second kappa shape index (κ2) is 22.3. The van der Waals surface area contributed by atoms with Gasteiger partial charge in [0, 0.05) is 47.6 Å². The number of amides is 2. The van der Waals surface area contributed by atoms with Gasteiger partial charge in [0.05, 0.1) is 39.8 Å². The number of alkyl carbamates (subject to hydrolysis) is 2. The molecular weight excluding hydrogens is 863 g/mol. The summed E-state index contributed by atoms with van der Waals surface area (Å²) in [5, 5.41) is 4.78. The van der Waals surface area contributed by atoms with Crippen LogP contribution in [0.1, 0.15) is 83.4 Å². The van der Waals surface area contributed by atoms with E-state index < -0.39 is 54.5 Å². The highest BCUT2D eigenvalue weighted by Gasteiger charge is 2.36. The predicted octanol–water partition coefficient (Wildman–Crippen LogP) is 6.94. The van der Waals surface area contributed by atoms with Gasteiger partial charge in [0.15, 0.2) is 29.3 Å². The van der Waals surface area contributed by atoms with Crippen LogP contribution in [-0.4, -0.2) is 107 Å². The fourth-order valence-corrected chi connectivity index (χ4v) is 7.07. The van der Waals surface area contributed by atoms with E-state index in [0.717, 1.165) is 6.29 Å². The second-order valence-electron chi connectivity index (χ2n) is 16.5. The van der Waals surface area contributed by atoms with Crippen molar-refractivity contribution in [3.8, 4) is 51.1 Å². The first-order chi connectivity index (χ1) is 31.2. The molecule has 4 rings (SSSR count). The van der Waals surface area contributed by atoms with E-state index in [-0.39, 0.29) is 71.8 Å². The molecular formula is C47H59N3O16. The normalized spacial score (nSPS) is 13.1. The SMILES string of the molecule is CC/C(=C(\C=C(\OC=O)C(C)OC)OC)c1c(-c2ccc(OC(=O)CNC(=O)OC(C)(C)C)c(OC)c2)c2n(c1C=O)CCc1c-2cc(OC)c(OC)c1OC(=O)CNC(=O)OC(C)(C)C. The molecule has 0 aliphatic carbocycles. The third-order valence-corrected chi connectivity index (χ3v) is 9.81. The van der Waals surface area contributed by atoms with Gasteiger partial charge in [-0.15, -0.1) is 0 Å². The molecule has 0 radical (unpaired) electrons. The van der Waals surface area contributed by atoms with Crippen molar-refractivity contribution in [2.75, 3.05) is 48.6 Å². The number of esters is 2. The number of nitrogens with one attached hydrogen (secondary N) is 2. The molecule has 2 heterocycles. The summed E-state index contributed by atoms with van der Waals surface area (Å²) in [6, 6.07) is 6.47. The van der Waals surface area contributed by atoms with Crippen molar-refractivity contribution < 1.29 is 76.1 Å². The molecule has 3 aromatic rings. The number of carbonyl (C=O) groups is 6. The maximum Gasteiger partial charge on any atom is 0.408 e. The molecule has 0 spiro atoms. The quantitative estimate of drug-likeness (QED) is 0.0310. The van der Waals surface area contributed by atoms with Crippen LogP contribution >= 0.6 is 0 Å². The summed E-state index contributed by atoms with van der Waals surface area (Å²) in [5.74, 6) is -0.886. The van der Waals surface area contributed by atoms with Gasteiger partial charge in [0.1, 0.15) is 41.9 Å². The van der Waals surface area contributed by atoms with Crippen LogP contribution in [0, 0.1) is 0 Å². The van der Waals surface area contributed by atoms with Crippen LogP contribution in [0.15, 0.2) is 41.9 Å². The minimum Gasteiger partial charge on any atom is -0.496 e. The van der Waals surface area contributed by atoms with Crippen LogP contribution in [0.5, 0.6) is 28.7 Å². The van der Waals surface area contributed by atoms with Gasteiger partial charge >= 0.3 is 24.1 Å². The zero-order valence-electron chi connectivity index (χ0n) is 39.6. The van der Waals surface area contributed by atoms with Crippen molar-refractivity contribution in [2.24, 2.45) is 0 Å². The average molecular weight is 922 g/mol. The smallest absolute Gasteiger partial charge is 0.408 e. The highest BCUT2D eigenvalue weighted by atomic mass is 16.6. The molecule has 0 bridgehead atoms. The van der Waals surface area contributed by atoms with Crippen molar-refractivity contribution >= 4 is 42.5 Å². The van der Waals surface area contributed by atoms with E-state index in [1.54, 1.807) is 66.7 Å². The Morgan fingerprint density at radius 3 is 1.89 bits per heavy atom. The molecule has 1 aliphatic rings. The maximum absolute atomic E-state index is 13.5. The fourth-order valence-electron chi connectivity index (χ4n) is 7.07. The number of rotatable bonds is 19. The average Bonchev–Trinajstić information content (AvgIpc) is 3.59. The lowest BCUT2D eigenvalue weighted by atomic mass is 9.88. The van der Waals surface area contributed by atoms with Gasteiger partial charge in [-0.3, -0.25) is 9.59 Å². The minimum atomic E-state index is -0.840. The summed E-state index contributed by atoms with van der Waals surface area (Å²) in [5.41, 5.74) is 1.96. The van der Waals surface area contributed by atoms with Gasteiger partial charge in [-0.05, 0) is 85.1 Å². The summed E-state index contributed by atoms with van der Waals surface area (Å²) in [6.45, 7) is 13.0. The second-order valence-corrected chi connectivity index (χ2v) is 16.5. The van der Waals surface area contributed by atoms with E-state index >= 15 is 0 Å². The first-order valence-electron chi connectivity index (χ1n) is 20.8. The highest BCUT2D eigenvalue weighted by Crippen LogP contribution is 2.53. The molecule has 1 aliphatic heterocycles. The molecule has 1 aromatic heterocycles. The molecule has 2 N–H and O–H groups in total. The number of fused-ring (bicyclic) bond motifs is 3. The van der Waals surface area contributed by atoms with Crippen molar-refractivity contribution in [1.29, 1.82) is 0 Å². The number of benzene rings is 2. The molecule has 1 unspecified atom stereocenters. The third kappa shape index (κ3) is 12.4. The molecule has 358 valence electrons. The Labute approximate surface area is 383 Å². The fraction of sp³-hybridized carbons (Fsp3) is 0.447. The van der Waals surface area contributed by atoms with E-state index in [0.29, 0.717) is 39.1 Å². The number of ether oxygens (including phenoxy) is 10. The Balaban J connectivity index is 2.05.